The molecule has 3 aromatic heterocycles. The van der Waals surface area contributed by atoms with E-state index in [0.29, 0.717) is 17.5 Å². The number of rotatable bonds is 5. The minimum atomic E-state index is -0.479. The smallest absolute Gasteiger partial charge is 0.343 e. The fraction of sp³-hybridized carbons (Fsp3) is 0.125. The molecular formula is C24H20N6O2. The van der Waals surface area contributed by atoms with Crippen LogP contribution in [0.5, 0.6) is 0 Å². The summed E-state index contributed by atoms with van der Waals surface area (Å²) < 4.78 is 6.82. The number of aromatic nitrogens is 5. The van der Waals surface area contributed by atoms with Crippen molar-refractivity contribution in [3.63, 3.8) is 0 Å². The number of ether oxygens (including phenoxy) is 1. The summed E-state index contributed by atoms with van der Waals surface area (Å²) in [7, 11) is 0. The molecule has 2 aromatic carbocycles. The summed E-state index contributed by atoms with van der Waals surface area (Å²) in [6.07, 6.45) is 3.09. The number of carbonyl (C=O) groups excluding carboxylic acids is 1. The molecule has 0 amide bonds. The molecule has 0 radical (unpaired) electrons. The second kappa shape index (κ2) is 8.07. The van der Waals surface area contributed by atoms with Crippen LogP contribution in [0.3, 0.4) is 0 Å². The number of anilines is 2. The van der Waals surface area contributed by atoms with Crippen molar-refractivity contribution in [3.8, 4) is 5.82 Å². The monoisotopic (exact) mass is 424 g/mol. The Balaban J connectivity index is 1.64. The Hall–Kier alpha value is -4.33. The second-order valence-electron chi connectivity index (χ2n) is 7.22. The third kappa shape index (κ3) is 3.51. The lowest BCUT2D eigenvalue weighted by molar-refractivity contribution is 0.0527. The van der Waals surface area contributed by atoms with Gasteiger partial charge in [0, 0.05) is 5.39 Å². The minimum absolute atomic E-state index is 0.257. The zero-order chi connectivity index (χ0) is 22.1. The first kappa shape index (κ1) is 19.6. The minimum Gasteiger partial charge on any atom is -0.462 e. The van der Waals surface area contributed by atoms with Crippen molar-refractivity contribution < 1.29 is 9.53 Å². The van der Waals surface area contributed by atoms with Crippen molar-refractivity contribution in [1.29, 1.82) is 0 Å². The molecule has 5 rings (SSSR count). The number of hydrogen-bond acceptors (Lipinski definition) is 7. The van der Waals surface area contributed by atoms with Crippen molar-refractivity contribution in [1.82, 2.24) is 24.7 Å². The lowest BCUT2D eigenvalue weighted by atomic mass is 10.1. The van der Waals surface area contributed by atoms with Crippen molar-refractivity contribution in [3.05, 3.63) is 78.1 Å². The molecule has 0 saturated heterocycles. The SMILES string of the molecule is CCOC(=O)c1cnn(-c2cc(C)c3ccccc3n2)c1Nc1cnc2ccccc2n1. The van der Waals surface area contributed by atoms with Crippen LogP contribution >= 0.6 is 0 Å². The summed E-state index contributed by atoms with van der Waals surface area (Å²) in [5.41, 5.74) is 3.70. The van der Waals surface area contributed by atoms with Crippen LogP contribution in [0.4, 0.5) is 11.6 Å². The molecule has 0 fully saturated rings. The van der Waals surface area contributed by atoms with Crippen LogP contribution in [-0.4, -0.2) is 37.3 Å². The quantitative estimate of drug-likeness (QED) is 0.412. The standard InChI is InChI=1S/C24H20N6O2/c1-3-32-24(31)17-13-26-30(22-12-15(2)16-8-4-5-9-18(16)28-22)23(17)29-21-14-25-19-10-6-7-11-20(19)27-21/h4-14H,3H2,1-2H3,(H,27,29). The van der Waals surface area contributed by atoms with Crippen molar-refractivity contribution in [2.45, 2.75) is 13.8 Å². The summed E-state index contributed by atoms with van der Waals surface area (Å²) in [6, 6.07) is 17.4. The number of para-hydroxylation sites is 3. The van der Waals surface area contributed by atoms with Crippen LogP contribution in [0.1, 0.15) is 22.8 Å². The first-order chi connectivity index (χ1) is 15.6. The van der Waals surface area contributed by atoms with E-state index in [2.05, 4.69) is 20.4 Å². The van der Waals surface area contributed by atoms with Crippen LogP contribution in [0.25, 0.3) is 27.8 Å². The maximum Gasteiger partial charge on any atom is 0.343 e. The van der Waals surface area contributed by atoms with Gasteiger partial charge >= 0.3 is 5.97 Å². The summed E-state index contributed by atoms with van der Waals surface area (Å²) in [4.78, 5) is 26.4. The molecule has 158 valence electrons. The summed E-state index contributed by atoms with van der Waals surface area (Å²) in [5, 5.41) is 8.70. The molecule has 8 heteroatoms. The molecule has 5 aromatic rings. The maximum atomic E-state index is 12.6. The predicted octanol–water partition coefficient (Wildman–Crippen LogP) is 4.59. The summed E-state index contributed by atoms with van der Waals surface area (Å²) in [5.74, 6) is 0.990. The van der Waals surface area contributed by atoms with Gasteiger partial charge in [0.2, 0.25) is 0 Å². The summed E-state index contributed by atoms with van der Waals surface area (Å²) >= 11 is 0. The number of nitrogens with zero attached hydrogens (tertiary/aromatic N) is 5. The third-order valence-corrected chi connectivity index (χ3v) is 5.09. The molecule has 32 heavy (non-hydrogen) atoms. The van der Waals surface area contributed by atoms with E-state index in [1.54, 1.807) is 17.8 Å². The molecule has 0 aliphatic heterocycles. The number of pyridine rings is 1. The van der Waals surface area contributed by atoms with Gasteiger partial charge in [-0.15, -0.1) is 0 Å². The molecule has 1 N–H and O–H groups in total. The maximum absolute atomic E-state index is 12.6. The Morgan fingerprint density at radius 2 is 1.75 bits per heavy atom. The number of fused-ring (bicyclic) bond motifs is 2. The van der Waals surface area contributed by atoms with E-state index in [1.165, 1.54) is 6.20 Å². The Labute approximate surface area is 183 Å². The highest BCUT2D eigenvalue weighted by Gasteiger charge is 2.21. The van der Waals surface area contributed by atoms with Gasteiger partial charge in [-0.05, 0) is 43.7 Å². The number of nitrogens with one attached hydrogen (secondary N) is 1. The lowest BCUT2D eigenvalue weighted by Crippen LogP contribution is -2.11. The number of esters is 1. The molecule has 0 bridgehead atoms. The highest BCUT2D eigenvalue weighted by Crippen LogP contribution is 2.26. The highest BCUT2D eigenvalue weighted by molar-refractivity contribution is 5.96. The van der Waals surface area contributed by atoms with E-state index < -0.39 is 5.97 Å². The second-order valence-corrected chi connectivity index (χ2v) is 7.22. The van der Waals surface area contributed by atoms with E-state index >= 15 is 0 Å². The molecule has 0 saturated carbocycles. The van der Waals surface area contributed by atoms with Crippen molar-refractivity contribution in [2.24, 2.45) is 0 Å². The van der Waals surface area contributed by atoms with Gasteiger partial charge in [0.25, 0.3) is 0 Å². The van der Waals surface area contributed by atoms with E-state index in [4.69, 9.17) is 9.72 Å². The van der Waals surface area contributed by atoms with Crippen LogP contribution in [0, 0.1) is 6.92 Å². The van der Waals surface area contributed by atoms with Gasteiger partial charge in [0.1, 0.15) is 5.56 Å². The van der Waals surface area contributed by atoms with Crippen molar-refractivity contribution in [2.75, 3.05) is 11.9 Å². The van der Waals surface area contributed by atoms with Crippen LogP contribution in [-0.2, 0) is 4.74 Å². The average Bonchev–Trinajstić information content (AvgIpc) is 3.23. The molecule has 0 aliphatic carbocycles. The topological polar surface area (TPSA) is 94.8 Å². The molecule has 0 spiro atoms. The molecule has 3 heterocycles. The molecule has 0 unspecified atom stereocenters. The third-order valence-electron chi connectivity index (χ3n) is 5.09. The largest absolute Gasteiger partial charge is 0.462 e. The van der Waals surface area contributed by atoms with Crippen LogP contribution < -0.4 is 5.32 Å². The van der Waals surface area contributed by atoms with Crippen LogP contribution in [0.15, 0.2) is 67.0 Å². The molecule has 8 nitrogen and oxygen atoms in total. The normalized spacial score (nSPS) is 11.1. The van der Waals surface area contributed by atoms with Crippen molar-refractivity contribution >= 4 is 39.5 Å². The fourth-order valence-corrected chi connectivity index (χ4v) is 3.58. The van der Waals surface area contributed by atoms with E-state index in [1.807, 2.05) is 61.5 Å². The number of hydrogen-bond donors (Lipinski definition) is 1. The van der Waals surface area contributed by atoms with Gasteiger partial charge in [0.05, 0.1) is 35.6 Å². The Morgan fingerprint density at radius 1 is 1.00 bits per heavy atom. The lowest BCUT2D eigenvalue weighted by Gasteiger charge is -2.12. The van der Waals surface area contributed by atoms with Gasteiger partial charge in [-0.3, -0.25) is 4.98 Å². The molecule has 0 aliphatic rings. The van der Waals surface area contributed by atoms with Gasteiger partial charge in [0.15, 0.2) is 17.5 Å². The average molecular weight is 424 g/mol. The van der Waals surface area contributed by atoms with Gasteiger partial charge in [-0.1, -0.05) is 30.3 Å². The first-order valence-electron chi connectivity index (χ1n) is 10.2. The Kier molecular flexibility index (Phi) is 4.95. The number of carbonyl (C=O) groups is 1. The van der Waals surface area contributed by atoms with Gasteiger partial charge in [-0.25, -0.2) is 14.8 Å². The van der Waals surface area contributed by atoms with E-state index in [-0.39, 0.29) is 12.2 Å². The van der Waals surface area contributed by atoms with E-state index in [9.17, 15) is 4.79 Å². The Bertz CT molecular complexity index is 1460. The zero-order valence-electron chi connectivity index (χ0n) is 17.6. The fourth-order valence-electron chi connectivity index (χ4n) is 3.58. The highest BCUT2D eigenvalue weighted by atomic mass is 16.5. The predicted molar refractivity (Wildman–Crippen MR) is 122 cm³/mol. The van der Waals surface area contributed by atoms with Gasteiger partial charge in [-0.2, -0.15) is 9.78 Å². The number of benzene rings is 2. The zero-order valence-corrected chi connectivity index (χ0v) is 17.6. The summed E-state index contributed by atoms with van der Waals surface area (Å²) in [6.45, 7) is 4.04. The number of aryl methyl sites for hydroxylation is 1. The Morgan fingerprint density at radius 3 is 2.56 bits per heavy atom. The van der Waals surface area contributed by atoms with Crippen LogP contribution in [0.2, 0.25) is 0 Å². The van der Waals surface area contributed by atoms with Gasteiger partial charge < -0.3 is 10.1 Å². The van der Waals surface area contributed by atoms with E-state index in [0.717, 1.165) is 27.5 Å². The first-order valence-corrected chi connectivity index (χ1v) is 10.2. The molecular weight excluding hydrogens is 404 g/mol. The molecule has 0 atom stereocenters.